The van der Waals surface area contributed by atoms with Crippen molar-refractivity contribution < 1.29 is 27.5 Å². The van der Waals surface area contributed by atoms with Crippen LogP contribution >= 0.6 is 0 Å². The topological polar surface area (TPSA) is 110 Å². The molecule has 0 aromatic heterocycles. The molecule has 0 spiro atoms. The summed E-state index contributed by atoms with van der Waals surface area (Å²) in [5.41, 5.74) is 0.951. The fourth-order valence-electron chi connectivity index (χ4n) is 3.79. The van der Waals surface area contributed by atoms with Gasteiger partial charge in [-0.15, -0.1) is 0 Å². The predicted molar refractivity (Wildman–Crippen MR) is 89.7 cm³/mol. The van der Waals surface area contributed by atoms with Gasteiger partial charge in [0.1, 0.15) is 6.04 Å². The fourth-order valence-corrected chi connectivity index (χ4v) is 5.47. The van der Waals surface area contributed by atoms with Crippen molar-refractivity contribution in [1.29, 1.82) is 0 Å². The lowest BCUT2D eigenvalue weighted by atomic mass is 10.1. The van der Waals surface area contributed by atoms with Crippen LogP contribution in [0.1, 0.15) is 41.4 Å². The Kier molecular flexibility index (Phi) is 3.98. The van der Waals surface area contributed by atoms with Crippen molar-refractivity contribution in [2.75, 3.05) is 11.5 Å². The van der Waals surface area contributed by atoms with Gasteiger partial charge in [-0.25, -0.2) is 13.2 Å². The highest BCUT2D eigenvalue weighted by molar-refractivity contribution is 7.91. The van der Waals surface area contributed by atoms with Crippen molar-refractivity contribution in [1.82, 2.24) is 10.2 Å². The van der Waals surface area contributed by atoms with Crippen LogP contribution in [0.4, 0.5) is 0 Å². The van der Waals surface area contributed by atoms with Gasteiger partial charge in [0, 0.05) is 18.0 Å². The molecule has 0 aliphatic carbocycles. The van der Waals surface area contributed by atoms with E-state index in [1.54, 1.807) is 24.3 Å². The summed E-state index contributed by atoms with van der Waals surface area (Å²) in [5, 5.41) is 2.73. The Balaban J connectivity index is 1.55. The standard InChI is InChI=1S/C17H18N2O6S/c20-14-6-5-13(15(21)18-10-7-8-26(23,24)9-10)19(14)16-11-3-1-2-4-12(11)17(22)25-16/h1-4,10,13,16H,5-9H2,(H,18,21). The number of esters is 1. The number of likely N-dealkylation sites (tertiary alicyclic amines) is 1. The second-order valence-corrected chi connectivity index (χ2v) is 9.04. The van der Waals surface area contributed by atoms with Crippen molar-refractivity contribution in [3.05, 3.63) is 35.4 Å². The molecule has 3 heterocycles. The Morgan fingerprint density at radius 2 is 1.96 bits per heavy atom. The van der Waals surface area contributed by atoms with Gasteiger partial charge in [0.25, 0.3) is 0 Å². The molecule has 3 atom stereocenters. The van der Waals surface area contributed by atoms with E-state index in [2.05, 4.69) is 5.32 Å². The molecule has 1 N–H and O–H groups in total. The molecule has 2 amide bonds. The molecule has 4 rings (SSSR count). The molecule has 8 nitrogen and oxygen atoms in total. The first-order valence-electron chi connectivity index (χ1n) is 8.47. The summed E-state index contributed by atoms with van der Waals surface area (Å²) in [6, 6.07) is 5.55. The van der Waals surface area contributed by atoms with Crippen LogP contribution in [0.15, 0.2) is 24.3 Å². The predicted octanol–water partition coefficient (Wildman–Crippen LogP) is 0.150. The van der Waals surface area contributed by atoms with Crippen LogP contribution in [0.2, 0.25) is 0 Å². The average Bonchev–Trinajstić information content (AvgIpc) is 3.24. The Labute approximate surface area is 150 Å². The number of nitrogens with one attached hydrogen (secondary N) is 1. The molecule has 0 radical (unpaired) electrons. The Bertz CT molecular complexity index is 896. The smallest absolute Gasteiger partial charge is 0.340 e. The Morgan fingerprint density at radius 1 is 1.19 bits per heavy atom. The second kappa shape index (κ2) is 6.08. The van der Waals surface area contributed by atoms with Gasteiger partial charge in [0.2, 0.25) is 18.0 Å². The van der Waals surface area contributed by atoms with Gasteiger partial charge < -0.3 is 10.1 Å². The summed E-state index contributed by atoms with van der Waals surface area (Å²) in [5.74, 6) is -1.22. The zero-order chi connectivity index (χ0) is 18.5. The third kappa shape index (κ3) is 2.86. The third-order valence-electron chi connectivity index (χ3n) is 5.05. The number of ether oxygens (including phenoxy) is 1. The number of sulfone groups is 1. The zero-order valence-electron chi connectivity index (χ0n) is 13.9. The number of carbonyl (C=O) groups is 3. The van der Waals surface area contributed by atoms with E-state index in [0.29, 0.717) is 24.0 Å². The number of hydrogen-bond acceptors (Lipinski definition) is 6. The van der Waals surface area contributed by atoms with Crippen molar-refractivity contribution in [3.8, 4) is 0 Å². The van der Waals surface area contributed by atoms with Crippen molar-refractivity contribution >= 4 is 27.6 Å². The second-order valence-electron chi connectivity index (χ2n) is 6.81. The van der Waals surface area contributed by atoms with Gasteiger partial charge in [-0.05, 0) is 18.9 Å². The van der Waals surface area contributed by atoms with Crippen LogP contribution in [0.25, 0.3) is 0 Å². The monoisotopic (exact) mass is 378 g/mol. The fraction of sp³-hybridized carbons (Fsp3) is 0.471. The van der Waals surface area contributed by atoms with Gasteiger partial charge in [-0.2, -0.15) is 0 Å². The maximum atomic E-state index is 12.7. The molecular formula is C17H18N2O6S. The van der Waals surface area contributed by atoms with Gasteiger partial charge in [-0.3, -0.25) is 14.5 Å². The first-order valence-corrected chi connectivity index (χ1v) is 10.3. The molecule has 1 aromatic carbocycles. The summed E-state index contributed by atoms with van der Waals surface area (Å²) >= 11 is 0. The van der Waals surface area contributed by atoms with E-state index in [1.807, 2.05) is 0 Å². The van der Waals surface area contributed by atoms with Crippen LogP contribution in [0.5, 0.6) is 0 Å². The number of carbonyl (C=O) groups excluding carboxylic acids is 3. The summed E-state index contributed by atoms with van der Waals surface area (Å²) in [7, 11) is -3.12. The highest BCUT2D eigenvalue weighted by Gasteiger charge is 2.46. The average molecular weight is 378 g/mol. The lowest BCUT2D eigenvalue weighted by molar-refractivity contribution is -0.145. The van der Waals surface area contributed by atoms with E-state index in [-0.39, 0.29) is 23.8 Å². The summed E-state index contributed by atoms with van der Waals surface area (Å²) in [6.07, 6.45) is -0.0649. The SMILES string of the molecule is O=C1OC(N2C(=O)CCC2C(=O)NC2CCS(=O)(=O)C2)c2ccccc21. The van der Waals surface area contributed by atoms with Crippen LogP contribution in [-0.2, 0) is 24.2 Å². The van der Waals surface area contributed by atoms with Gasteiger partial charge in [-0.1, -0.05) is 18.2 Å². The minimum absolute atomic E-state index is 0.0544. The summed E-state index contributed by atoms with van der Waals surface area (Å²) in [6.45, 7) is 0. The highest BCUT2D eigenvalue weighted by atomic mass is 32.2. The highest BCUT2D eigenvalue weighted by Crippen LogP contribution is 2.38. The van der Waals surface area contributed by atoms with E-state index in [9.17, 15) is 22.8 Å². The minimum atomic E-state index is -3.12. The lowest BCUT2D eigenvalue weighted by Crippen LogP contribution is -2.49. The van der Waals surface area contributed by atoms with E-state index in [4.69, 9.17) is 4.74 Å². The molecule has 3 unspecified atom stereocenters. The van der Waals surface area contributed by atoms with E-state index >= 15 is 0 Å². The first-order chi connectivity index (χ1) is 12.4. The number of nitrogens with zero attached hydrogens (tertiary/aromatic N) is 1. The largest absolute Gasteiger partial charge is 0.433 e. The number of fused-ring (bicyclic) bond motifs is 1. The number of cyclic esters (lactones) is 1. The molecule has 0 saturated carbocycles. The number of benzene rings is 1. The molecule has 2 fully saturated rings. The lowest BCUT2D eigenvalue weighted by Gasteiger charge is -2.29. The van der Waals surface area contributed by atoms with Crippen LogP contribution < -0.4 is 5.32 Å². The van der Waals surface area contributed by atoms with Crippen LogP contribution in [-0.4, -0.2) is 54.7 Å². The molecule has 0 bridgehead atoms. The quantitative estimate of drug-likeness (QED) is 0.750. The molecule has 9 heteroatoms. The first kappa shape index (κ1) is 17.0. The van der Waals surface area contributed by atoms with Gasteiger partial charge in [0.05, 0.1) is 17.1 Å². The summed E-state index contributed by atoms with van der Waals surface area (Å²) < 4.78 is 28.5. The molecule has 2 saturated heterocycles. The maximum absolute atomic E-state index is 12.7. The van der Waals surface area contributed by atoms with Crippen molar-refractivity contribution in [2.45, 2.75) is 37.6 Å². The third-order valence-corrected chi connectivity index (χ3v) is 6.82. The molecule has 3 aliphatic rings. The maximum Gasteiger partial charge on any atom is 0.340 e. The number of hydrogen-bond donors (Lipinski definition) is 1. The Hall–Kier alpha value is -2.42. The molecule has 26 heavy (non-hydrogen) atoms. The van der Waals surface area contributed by atoms with E-state index in [1.165, 1.54) is 4.90 Å². The van der Waals surface area contributed by atoms with Crippen molar-refractivity contribution in [2.24, 2.45) is 0 Å². The normalized spacial score (nSPS) is 29.5. The molecule has 3 aliphatic heterocycles. The summed E-state index contributed by atoms with van der Waals surface area (Å²) in [4.78, 5) is 38.4. The van der Waals surface area contributed by atoms with Crippen molar-refractivity contribution in [3.63, 3.8) is 0 Å². The molecular weight excluding hydrogens is 360 g/mol. The zero-order valence-corrected chi connectivity index (χ0v) is 14.7. The van der Waals surface area contributed by atoms with Gasteiger partial charge in [0.15, 0.2) is 9.84 Å². The van der Waals surface area contributed by atoms with E-state index < -0.39 is 40.0 Å². The minimum Gasteiger partial charge on any atom is -0.433 e. The number of rotatable bonds is 3. The van der Waals surface area contributed by atoms with E-state index in [0.717, 1.165) is 0 Å². The van der Waals surface area contributed by atoms with Gasteiger partial charge >= 0.3 is 5.97 Å². The molecule has 1 aromatic rings. The molecule has 138 valence electrons. The Morgan fingerprint density at radius 3 is 2.69 bits per heavy atom. The van der Waals surface area contributed by atoms with Crippen LogP contribution in [0, 0.1) is 0 Å². The number of amides is 2. The van der Waals surface area contributed by atoms with Crippen LogP contribution in [0.3, 0.4) is 0 Å².